The molecule has 5 aromatic rings. The number of aryl methyl sites for hydroxylation is 1. The fraction of sp³-hybridized carbons (Fsp3) is 0.0909. The van der Waals surface area contributed by atoms with E-state index in [0.717, 1.165) is 15.6 Å². The summed E-state index contributed by atoms with van der Waals surface area (Å²) in [6.07, 6.45) is 4.15. The number of fused-ring (bicyclic) bond motifs is 3. The van der Waals surface area contributed by atoms with Crippen molar-refractivity contribution in [2.75, 3.05) is 5.32 Å². The van der Waals surface area contributed by atoms with Gasteiger partial charge in [0.15, 0.2) is 0 Å². The molecule has 3 N–H and O–H groups in total. The highest BCUT2D eigenvalue weighted by molar-refractivity contribution is 9.10. The molecule has 3 heterocycles. The van der Waals surface area contributed by atoms with Crippen LogP contribution in [0.5, 0.6) is 0 Å². The van der Waals surface area contributed by atoms with Crippen molar-refractivity contribution in [3.05, 3.63) is 74.5 Å². The molecule has 0 aliphatic heterocycles. The van der Waals surface area contributed by atoms with Crippen LogP contribution in [0.3, 0.4) is 0 Å². The molecule has 0 spiro atoms. The van der Waals surface area contributed by atoms with E-state index in [1.807, 2.05) is 12.1 Å². The number of hydrogen-bond acceptors (Lipinski definition) is 5. The topological polar surface area (TPSA) is 117 Å². The number of imidazole rings is 1. The summed E-state index contributed by atoms with van der Waals surface area (Å²) >= 11 is 9.90. The Hall–Kier alpha value is -3.43. The van der Waals surface area contributed by atoms with Crippen molar-refractivity contribution in [2.24, 2.45) is 0 Å². The number of nitrogens with zero attached hydrogens (tertiary/aromatic N) is 2. The molecule has 0 aliphatic carbocycles. The second-order valence-electron chi connectivity index (χ2n) is 7.14. The zero-order valence-corrected chi connectivity index (χ0v) is 18.8. The number of hydrogen-bond donors (Lipinski definition) is 3. The van der Waals surface area contributed by atoms with E-state index in [0.29, 0.717) is 46.0 Å². The lowest BCUT2D eigenvalue weighted by molar-refractivity contribution is -0.116. The smallest absolute Gasteiger partial charge is 0.294 e. The molecule has 0 saturated carbocycles. The zero-order valence-electron chi connectivity index (χ0n) is 16.4. The standard InChI is InChI=1S/C22H15BrClN5O3/c23-11-1-5-17-15(7-11)19-20(32-17)22(31)29-21(28-19)14-4-2-12(8-16(14)24)27-18(30)6-3-13-9-25-10-26-13/h1-2,4-5,7-10H,3,6H2,(H,25,26)(H,27,30)(H,28,29,31). The molecule has 32 heavy (non-hydrogen) atoms. The molecule has 0 saturated heterocycles. The van der Waals surface area contributed by atoms with Gasteiger partial charge < -0.3 is 19.7 Å². The zero-order chi connectivity index (χ0) is 22.2. The molecular formula is C22H15BrClN5O3. The maximum atomic E-state index is 12.6. The predicted molar refractivity (Wildman–Crippen MR) is 126 cm³/mol. The Balaban J connectivity index is 1.43. The van der Waals surface area contributed by atoms with E-state index in [-0.39, 0.29) is 11.5 Å². The number of furan rings is 1. The first-order chi connectivity index (χ1) is 15.5. The molecule has 0 fully saturated rings. The van der Waals surface area contributed by atoms with Crippen molar-refractivity contribution in [1.82, 2.24) is 19.9 Å². The quantitative estimate of drug-likeness (QED) is 0.305. The minimum atomic E-state index is -0.399. The molecule has 0 aliphatic rings. The SMILES string of the molecule is O=C(CCc1c[nH]cn1)Nc1ccc(-c2nc3c(oc4ccc(Br)cc43)c(=O)[nH]2)c(Cl)c1. The molecule has 3 aromatic heterocycles. The average Bonchev–Trinajstić information content (AvgIpc) is 3.40. The molecule has 5 rings (SSSR count). The summed E-state index contributed by atoms with van der Waals surface area (Å²) in [4.78, 5) is 39.1. The molecule has 0 bridgehead atoms. The number of benzene rings is 2. The maximum absolute atomic E-state index is 12.6. The van der Waals surface area contributed by atoms with Crippen LogP contribution in [0.4, 0.5) is 5.69 Å². The second-order valence-corrected chi connectivity index (χ2v) is 8.46. The molecule has 0 atom stereocenters. The predicted octanol–water partition coefficient (Wildman–Crippen LogP) is 5.05. The molecule has 2 aromatic carbocycles. The normalized spacial score (nSPS) is 11.3. The number of nitrogens with one attached hydrogen (secondary N) is 3. The lowest BCUT2D eigenvalue weighted by atomic mass is 10.1. The first-order valence-corrected chi connectivity index (χ1v) is 10.8. The minimum absolute atomic E-state index is 0.152. The van der Waals surface area contributed by atoms with Crippen molar-refractivity contribution in [3.8, 4) is 11.4 Å². The third-order valence-corrected chi connectivity index (χ3v) is 5.76. The fourth-order valence-corrected chi connectivity index (χ4v) is 4.06. The Kier molecular flexibility index (Phi) is 5.28. The van der Waals surface area contributed by atoms with Crippen LogP contribution in [0.15, 0.2) is 62.6 Å². The van der Waals surface area contributed by atoms with E-state index in [2.05, 4.69) is 41.2 Å². The third kappa shape index (κ3) is 3.92. The Morgan fingerprint density at radius 3 is 2.88 bits per heavy atom. The van der Waals surface area contributed by atoms with Gasteiger partial charge in [-0.15, -0.1) is 0 Å². The fourth-order valence-electron chi connectivity index (χ4n) is 3.43. The van der Waals surface area contributed by atoms with Crippen LogP contribution in [0.1, 0.15) is 12.1 Å². The van der Waals surface area contributed by atoms with Gasteiger partial charge in [-0.05, 0) is 42.8 Å². The number of rotatable bonds is 5. The first kappa shape index (κ1) is 20.5. The summed E-state index contributed by atoms with van der Waals surface area (Å²) in [6, 6.07) is 10.5. The lowest BCUT2D eigenvalue weighted by Gasteiger charge is -2.08. The Bertz CT molecular complexity index is 1520. The molecule has 8 nitrogen and oxygen atoms in total. The highest BCUT2D eigenvalue weighted by atomic mass is 79.9. The van der Waals surface area contributed by atoms with Gasteiger partial charge in [0, 0.05) is 33.7 Å². The number of halogens is 2. The van der Waals surface area contributed by atoms with Crippen LogP contribution < -0.4 is 10.9 Å². The number of amides is 1. The molecule has 0 unspecified atom stereocenters. The van der Waals surface area contributed by atoms with E-state index in [4.69, 9.17) is 16.0 Å². The van der Waals surface area contributed by atoms with Crippen LogP contribution in [0.25, 0.3) is 33.5 Å². The third-order valence-electron chi connectivity index (χ3n) is 4.96. The maximum Gasteiger partial charge on any atom is 0.294 e. The number of carbonyl (C=O) groups is 1. The van der Waals surface area contributed by atoms with Gasteiger partial charge in [0.05, 0.1) is 17.0 Å². The number of aromatic amines is 2. The van der Waals surface area contributed by atoms with Crippen LogP contribution >= 0.6 is 27.5 Å². The molecule has 1 amide bonds. The van der Waals surface area contributed by atoms with Crippen molar-refractivity contribution in [2.45, 2.75) is 12.8 Å². The van der Waals surface area contributed by atoms with E-state index in [1.165, 1.54) is 0 Å². The van der Waals surface area contributed by atoms with E-state index in [1.54, 1.807) is 36.8 Å². The van der Waals surface area contributed by atoms with Crippen LogP contribution in [0, 0.1) is 0 Å². The average molecular weight is 513 g/mol. The van der Waals surface area contributed by atoms with E-state index >= 15 is 0 Å². The highest BCUT2D eigenvalue weighted by Gasteiger charge is 2.16. The van der Waals surface area contributed by atoms with Gasteiger partial charge >= 0.3 is 0 Å². The molecule has 160 valence electrons. The minimum Gasteiger partial charge on any atom is -0.449 e. The van der Waals surface area contributed by atoms with Gasteiger partial charge in [0.2, 0.25) is 11.5 Å². The summed E-state index contributed by atoms with van der Waals surface area (Å²) < 4.78 is 6.51. The first-order valence-electron chi connectivity index (χ1n) is 9.67. The van der Waals surface area contributed by atoms with Gasteiger partial charge in [-0.2, -0.15) is 0 Å². The molecule has 10 heteroatoms. The Morgan fingerprint density at radius 2 is 2.09 bits per heavy atom. The monoisotopic (exact) mass is 511 g/mol. The van der Waals surface area contributed by atoms with Crippen molar-refractivity contribution >= 4 is 61.2 Å². The number of anilines is 1. The van der Waals surface area contributed by atoms with Crippen molar-refractivity contribution in [3.63, 3.8) is 0 Å². The summed E-state index contributed by atoms with van der Waals surface area (Å²) in [5.41, 5.74) is 2.67. The highest BCUT2D eigenvalue weighted by Crippen LogP contribution is 2.32. The number of carbonyl (C=O) groups excluding carboxylic acids is 1. The van der Waals surface area contributed by atoms with Crippen LogP contribution in [-0.2, 0) is 11.2 Å². The second kappa shape index (κ2) is 8.25. The molecule has 0 radical (unpaired) electrons. The van der Waals surface area contributed by atoms with Gasteiger partial charge in [-0.25, -0.2) is 9.97 Å². The number of H-pyrrole nitrogens is 2. The summed E-state index contributed by atoms with van der Waals surface area (Å²) in [5, 5.41) is 3.88. The van der Waals surface area contributed by atoms with Gasteiger partial charge in [-0.1, -0.05) is 27.5 Å². The van der Waals surface area contributed by atoms with Crippen LogP contribution in [0.2, 0.25) is 5.02 Å². The van der Waals surface area contributed by atoms with Gasteiger partial charge in [0.25, 0.3) is 5.56 Å². The van der Waals surface area contributed by atoms with E-state index in [9.17, 15) is 9.59 Å². The lowest BCUT2D eigenvalue weighted by Crippen LogP contribution is -2.12. The summed E-state index contributed by atoms with van der Waals surface area (Å²) in [6.45, 7) is 0. The summed E-state index contributed by atoms with van der Waals surface area (Å²) in [5.74, 6) is 0.159. The Morgan fingerprint density at radius 1 is 1.22 bits per heavy atom. The van der Waals surface area contributed by atoms with Crippen molar-refractivity contribution < 1.29 is 9.21 Å². The Labute approximate surface area is 194 Å². The van der Waals surface area contributed by atoms with Crippen LogP contribution in [-0.4, -0.2) is 25.8 Å². The molecular weight excluding hydrogens is 498 g/mol. The summed E-state index contributed by atoms with van der Waals surface area (Å²) in [7, 11) is 0. The van der Waals surface area contributed by atoms with Gasteiger partial charge in [-0.3, -0.25) is 9.59 Å². The largest absolute Gasteiger partial charge is 0.449 e. The van der Waals surface area contributed by atoms with Crippen molar-refractivity contribution in [1.29, 1.82) is 0 Å². The van der Waals surface area contributed by atoms with E-state index < -0.39 is 5.56 Å². The number of aromatic nitrogens is 4. The van der Waals surface area contributed by atoms with Gasteiger partial charge in [0.1, 0.15) is 16.9 Å².